The average Bonchev–Trinajstić information content (AvgIpc) is 2.93. The second-order valence-corrected chi connectivity index (χ2v) is 7.51. The number of hydrogen-bond donors (Lipinski definition) is 1. The van der Waals surface area contributed by atoms with Gasteiger partial charge < -0.3 is 10.3 Å². The Morgan fingerprint density at radius 3 is 2.37 bits per heavy atom. The first kappa shape index (κ1) is 10.9. The van der Waals surface area contributed by atoms with Crippen LogP contribution in [0.25, 0.3) is 0 Å². The van der Waals surface area contributed by atoms with E-state index in [0.29, 0.717) is 5.92 Å². The third kappa shape index (κ3) is 1.40. The number of fused-ring (bicyclic) bond motifs is 1. The van der Waals surface area contributed by atoms with Gasteiger partial charge in [-0.1, -0.05) is 5.16 Å². The Morgan fingerprint density at radius 1 is 1.00 bits per heavy atom. The SMILES string of the molecule is NC1CCc2onc(C3C4CC5CC(C4)CC3C5)c21. The molecule has 3 nitrogen and oxygen atoms in total. The minimum atomic E-state index is 0.188. The zero-order valence-electron chi connectivity index (χ0n) is 11.3. The minimum absolute atomic E-state index is 0.188. The summed E-state index contributed by atoms with van der Waals surface area (Å²) in [5, 5.41) is 4.48. The van der Waals surface area contributed by atoms with Crippen LogP contribution in [0.3, 0.4) is 0 Å². The summed E-state index contributed by atoms with van der Waals surface area (Å²) >= 11 is 0. The monoisotopic (exact) mass is 258 g/mol. The third-order valence-electron chi connectivity index (χ3n) is 6.43. The van der Waals surface area contributed by atoms with Crippen molar-refractivity contribution in [1.29, 1.82) is 0 Å². The van der Waals surface area contributed by atoms with Gasteiger partial charge in [0.25, 0.3) is 0 Å². The number of nitrogens with zero attached hydrogens (tertiary/aromatic N) is 1. The lowest BCUT2D eigenvalue weighted by Gasteiger charge is -2.54. The van der Waals surface area contributed by atoms with E-state index >= 15 is 0 Å². The maximum atomic E-state index is 6.28. The molecule has 6 rings (SSSR count). The molecule has 0 aromatic carbocycles. The van der Waals surface area contributed by atoms with Gasteiger partial charge >= 0.3 is 0 Å². The molecule has 3 heteroatoms. The van der Waals surface area contributed by atoms with E-state index in [1.54, 1.807) is 0 Å². The van der Waals surface area contributed by atoms with Crippen molar-refractivity contribution in [3.05, 3.63) is 17.0 Å². The molecule has 0 aliphatic heterocycles. The van der Waals surface area contributed by atoms with Crippen molar-refractivity contribution in [3.63, 3.8) is 0 Å². The number of hydrogen-bond acceptors (Lipinski definition) is 3. The normalized spacial score (nSPS) is 46.8. The number of rotatable bonds is 1. The maximum Gasteiger partial charge on any atom is 0.141 e. The fourth-order valence-corrected chi connectivity index (χ4v) is 5.97. The Kier molecular flexibility index (Phi) is 2.08. The fourth-order valence-electron chi connectivity index (χ4n) is 5.97. The highest BCUT2D eigenvalue weighted by molar-refractivity contribution is 5.35. The number of nitrogens with two attached hydrogens (primary N) is 1. The van der Waals surface area contributed by atoms with Crippen LogP contribution in [-0.4, -0.2) is 5.16 Å². The summed E-state index contributed by atoms with van der Waals surface area (Å²) in [6.07, 6.45) is 9.32. The van der Waals surface area contributed by atoms with Crippen LogP contribution in [0, 0.1) is 23.7 Å². The maximum absolute atomic E-state index is 6.28. The Labute approximate surface area is 113 Å². The molecule has 1 heterocycles. The molecule has 2 N–H and O–H groups in total. The smallest absolute Gasteiger partial charge is 0.141 e. The number of aromatic nitrogens is 1. The molecule has 0 saturated heterocycles. The Hall–Kier alpha value is -0.830. The largest absolute Gasteiger partial charge is 0.361 e. The van der Waals surface area contributed by atoms with Crippen LogP contribution in [0.4, 0.5) is 0 Å². The van der Waals surface area contributed by atoms with E-state index in [0.717, 1.165) is 42.3 Å². The fraction of sp³-hybridized carbons (Fsp3) is 0.812. The first-order valence-corrected chi connectivity index (χ1v) is 8.03. The molecule has 102 valence electrons. The predicted molar refractivity (Wildman–Crippen MR) is 71.5 cm³/mol. The van der Waals surface area contributed by atoms with Crippen LogP contribution >= 0.6 is 0 Å². The lowest BCUT2D eigenvalue weighted by molar-refractivity contribution is -0.00543. The van der Waals surface area contributed by atoms with Gasteiger partial charge in [-0.25, -0.2) is 0 Å². The quantitative estimate of drug-likeness (QED) is 0.841. The molecule has 4 saturated carbocycles. The summed E-state index contributed by atoms with van der Waals surface area (Å²) in [6.45, 7) is 0. The second-order valence-electron chi connectivity index (χ2n) is 7.51. The van der Waals surface area contributed by atoms with Crippen LogP contribution < -0.4 is 5.73 Å². The van der Waals surface area contributed by atoms with Crippen molar-refractivity contribution < 1.29 is 4.52 Å². The van der Waals surface area contributed by atoms with E-state index in [2.05, 4.69) is 5.16 Å². The average molecular weight is 258 g/mol. The van der Waals surface area contributed by atoms with Crippen molar-refractivity contribution >= 4 is 0 Å². The minimum Gasteiger partial charge on any atom is -0.361 e. The lowest BCUT2D eigenvalue weighted by Crippen LogP contribution is -2.44. The van der Waals surface area contributed by atoms with E-state index < -0.39 is 0 Å². The highest BCUT2D eigenvalue weighted by Gasteiger charge is 2.50. The molecule has 1 atom stereocenters. The zero-order valence-corrected chi connectivity index (χ0v) is 11.3. The van der Waals surface area contributed by atoms with Crippen molar-refractivity contribution in [3.8, 4) is 0 Å². The van der Waals surface area contributed by atoms with Gasteiger partial charge in [0.2, 0.25) is 0 Å². The molecule has 1 unspecified atom stereocenters. The molecule has 0 spiro atoms. The van der Waals surface area contributed by atoms with Crippen molar-refractivity contribution in [2.75, 3.05) is 0 Å². The van der Waals surface area contributed by atoms with Gasteiger partial charge in [0, 0.05) is 23.9 Å². The summed E-state index contributed by atoms with van der Waals surface area (Å²) in [6, 6.07) is 0.188. The molecule has 0 amide bonds. The van der Waals surface area contributed by atoms with Crippen LogP contribution in [0.2, 0.25) is 0 Å². The highest BCUT2D eigenvalue weighted by Crippen LogP contribution is 2.60. The van der Waals surface area contributed by atoms with Gasteiger partial charge in [-0.15, -0.1) is 0 Å². The molecule has 1 aromatic heterocycles. The standard InChI is InChI=1S/C16H22N2O/c17-12-1-2-13-15(12)16(18-19-13)14-10-4-8-3-9(6-10)7-11(14)5-8/h8-12,14H,1-7,17H2. The molecule has 4 bridgehead atoms. The zero-order chi connectivity index (χ0) is 12.6. The summed E-state index contributed by atoms with van der Waals surface area (Å²) in [5.74, 6) is 5.55. The molecule has 4 fully saturated rings. The van der Waals surface area contributed by atoms with Crippen LogP contribution in [0.15, 0.2) is 4.52 Å². The Bertz CT molecular complexity index is 493. The van der Waals surface area contributed by atoms with Gasteiger partial charge in [0.05, 0.1) is 5.69 Å². The highest BCUT2D eigenvalue weighted by atomic mass is 16.5. The van der Waals surface area contributed by atoms with Crippen LogP contribution in [0.1, 0.15) is 67.5 Å². The first-order valence-electron chi connectivity index (χ1n) is 8.03. The summed E-state index contributed by atoms with van der Waals surface area (Å²) in [7, 11) is 0. The van der Waals surface area contributed by atoms with Gasteiger partial charge in [-0.3, -0.25) is 0 Å². The summed E-state index contributed by atoms with van der Waals surface area (Å²) < 4.78 is 5.60. The Morgan fingerprint density at radius 2 is 1.68 bits per heavy atom. The predicted octanol–water partition coefficient (Wildman–Crippen LogP) is 3.16. The van der Waals surface area contributed by atoms with E-state index in [9.17, 15) is 0 Å². The molecular formula is C16H22N2O. The second kappa shape index (κ2) is 3.63. The number of aryl methyl sites for hydroxylation is 1. The molecule has 5 aliphatic rings. The van der Waals surface area contributed by atoms with Gasteiger partial charge in [0.1, 0.15) is 5.76 Å². The van der Waals surface area contributed by atoms with Crippen molar-refractivity contribution in [1.82, 2.24) is 5.16 Å². The molecule has 1 aromatic rings. The van der Waals surface area contributed by atoms with Gasteiger partial charge in [0.15, 0.2) is 0 Å². The van der Waals surface area contributed by atoms with Crippen molar-refractivity contribution in [2.45, 2.75) is 56.9 Å². The molecular weight excluding hydrogens is 236 g/mol. The molecule has 5 aliphatic carbocycles. The molecule has 0 radical (unpaired) electrons. The van der Waals surface area contributed by atoms with Gasteiger partial charge in [-0.05, 0) is 62.2 Å². The third-order valence-corrected chi connectivity index (χ3v) is 6.43. The Balaban J connectivity index is 1.57. The van der Waals surface area contributed by atoms with Crippen LogP contribution in [0.5, 0.6) is 0 Å². The summed E-state index contributed by atoms with van der Waals surface area (Å²) in [4.78, 5) is 0. The van der Waals surface area contributed by atoms with Gasteiger partial charge in [-0.2, -0.15) is 0 Å². The van der Waals surface area contributed by atoms with E-state index in [1.165, 1.54) is 43.4 Å². The van der Waals surface area contributed by atoms with E-state index in [4.69, 9.17) is 10.3 Å². The van der Waals surface area contributed by atoms with Crippen LogP contribution in [-0.2, 0) is 6.42 Å². The summed E-state index contributed by atoms with van der Waals surface area (Å²) in [5.41, 5.74) is 8.86. The molecule has 19 heavy (non-hydrogen) atoms. The van der Waals surface area contributed by atoms with E-state index in [1.807, 2.05) is 0 Å². The topological polar surface area (TPSA) is 52.0 Å². The first-order chi connectivity index (χ1) is 9.29. The van der Waals surface area contributed by atoms with Crippen molar-refractivity contribution in [2.24, 2.45) is 29.4 Å². The van der Waals surface area contributed by atoms with E-state index in [-0.39, 0.29) is 6.04 Å². The lowest BCUT2D eigenvalue weighted by atomic mass is 9.51.